The van der Waals surface area contributed by atoms with Gasteiger partial charge in [0, 0.05) is 24.1 Å². The zero-order chi connectivity index (χ0) is 25.4. The van der Waals surface area contributed by atoms with Crippen LogP contribution in [0.2, 0.25) is 5.02 Å². The van der Waals surface area contributed by atoms with Crippen molar-refractivity contribution in [2.75, 3.05) is 10.6 Å². The molecular weight excluding hydrogens is 492 g/mol. The van der Waals surface area contributed by atoms with Crippen LogP contribution in [0.25, 0.3) is 11.2 Å². The number of fused-ring (bicyclic) bond motifs is 1. The van der Waals surface area contributed by atoms with Crippen LogP contribution in [0.5, 0.6) is 0 Å². The number of hydrogen-bond donors (Lipinski definition) is 4. The Hall–Kier alpha value is -3.05. The second-order valence-electron chi connectivity index (χ2n) is 9.65. The van der Waals surface area contributed by atoms with E-state index in [0.29, 0.717) is 55.2 Å². The highest BCUT2D eigenvalue weighted by Crippen LogP contribution is 2.38. The number of rotatable bonds is 6. The molecule has 0 spiro atoms. The lowest BCUT2D eigenvalue weighted by atomic mass is 9.85. The van der Waals surface area contributed by atoms with E-state index < -0.39 is 11.6 Å². The third-order valence-electron chi connectivity index (χ3n) is 7.12. The molecule has 2 saturated carbocycles. The highest BCUT2D eigenvalue weighted by Gasteiger charge is 2.30. The van der Waals surface area contributed by atoms with E-state index in [2.05, 4.69) is 20.6 Å². The summed E-state index contributed by atoms with van der Waals surface area (Å²) >= 11 is 6.13. The van der Waals surface area contributed by atoms with Crippen LogP contribution in [-0.2, 0) is 4.79 Å². The fourth-order valence-corrected chi connectivity index (χ4v) is 5.51. The second kappa shape index (κ2) is 10.1. The topological polar surface area (TPSA) is 131 Å². The summed E-state index contributed by atoms with van der Waals surface area (Å²) in [5.41, 5.74) is 6.44. The summed E-state index contributed by atoms with van der Waals surface area (Å²) in [5, 5.41) is 16.1. The van der Waals surface area contributed by atoms with Crippen molar-refractivity contribution in [1.82, 2.24) is 19.5 Å². The van der Waals surface area contributed by atoms with Gasteiger partial charge in [-0.05, 0) is 57.4 Å². The summed E-state index contributed by atoms with van der Waals surface area (Å²) < 4.78 is 30.1. The van der Waals surface area contributed by atoms with Crippen LogP contribution < -0.4 is 16.4 Å². The van der Waals surface area contributed by atoms with Crippen molar-refractivity contribution in [3.63, 3.8) is 0 Å². The van der Waals surface area contributed by atoms with Gasteiger partial charge < -0.3 is 21.5 Å². The lowest BCUT2D eigenvalue weighted by Crippen LogP contribution is -2.30. The number of nitrogens with zero attached hydrogens (tertiary/aromatic N) is 4. The molecule has 1 amide bonds. The van der Waals surface area contributed by atoms with Gasteiger partial charge in [0.1, 0.15) is 11.3 Å². The number of nitrogens with one attached hydrogen (secondary N) is 2. The fraction of sp³-hybridized carbons (Fsp3) is 0.500. The highest BCUT2D eigenvalue weighted by atomic mass is 35.5. The normalized spacial score (nSPS) is 24.6. The van der Waals surface area contributed by atoms with Crippen LogP contribution in [0.1, 0.15) is 57.4 Å². The number of anilines is 3. The number of halogens is 3. The van der Waals surface area contributed by atoms with Crippen LogP contribution in [0, 0.1) is 17.6 Å². The SMILES string of the molecule is NC(=O)[C@H]1CC[C@@H](n2c(Nc3c(F)cc(F)cc3Cl)nc3cnc(N[C@@H]4CCCC(O)C4)nc32)CC1. The van der Waals surface area contributed by atoms with E-state index in [1.807, 2.05) is 4.57 Å². The number of nitrogens with two attached hydrogens (primary N) is 1. The van der Waals surface area contributed by atoms with Crippen LogP contribution in [-0.4, -0.2) is 42.7 Å². The lowest BCUT2D eigenvalue weighted by molar-refractivity contribution is -0.122. The van der Waals surface area contributed by atoms with Crippen LogP contribution in [0.4, 0.5) is 26.4 Å². The van der Waals surface area contributed by atoms with Crippen molar-refractivity contribution < 1.29 is 18.7 Å². The monoisotopic (exact) mass is 519 g/mol. The molecule has 2 aliphatic rings. The van der Waals surface area contributed by atoms with Crippen molar-refractivity contribution in [2.24, 2.45) is 11.7 Å². The molecule has 9 nitrogen and oxygen atoms in total. The van der Waals surface area contributed by atoms with Crippen molar-refractivity contribution in [2.45, 2.75) is 69.6 Å². The molecule has 5 N–H and O–H groups in total. The number of carbonyl (C=O) groups excluding carboxylic acids is 1. The summed E-state index contributed by atoms with van der Waals surface area (Å²) in [4.78, 5) is 25.4. The molecular formula is C24H28ClF2N7O2. The molecule has 12 heteroatoms. The van der Waals surface area contributed by atoms with Crippen molar-refractivity contribution >= 4 is 46.3 Å². The Kier molecular flexibility index (Phi) is 6.94. The molecule has 0 saturated heterocycles. The standard InChI is InChI=1S/C24H28ClF2N7O2/c25-17-8-13(26)9-18(27)20(17)32-24-31-19-11-29-23(30-14-2-1-3-16(35)10-14)33-22(19)34(24)15-6-4-12(5-7-15)21(28)36/h8-9,11-12,14-16,35H,1-7,10H2,(H2,28,36)(H,31,32)(H,29,30,33)/t12-,14-,15+,16?/m1/s1. The smallest absolute Gasteiger partial charge is 0.224 e. The fourth-order valence-electron chi connectivity index (χ4n) is 5.26. The minimum absolute atomic E-state index is 0.0540. The van der Waals surface area contributed by atoms with E-state index in [1.54, 1.807) is 6.20 Å². The number of carbonyl (C=O) groups is 1. The first kappa shape index (κ1) is 24.6. The molecule has 192 valence electrons. The molecule has 2 aliphatic carbocycles. The third kappa shape index (κ3) is 5.08. The number of amides is 1. The molecule has 36 heavy (non-hydrogen) atoms. The summed E-state index contributed by atoms with van der Waals surface area (Å²) in [5.74, 6) is -1.44. The zero-order valence-electron chi connectivity index (χ0n) is 19.6. The van der Waals surface area contributed by atoms with E-state index in [-0.39, 0.29) is 40.7 Å². The van der Waals surface area contributed by atoms with Gasteiger partial charge in [0.05, 0.1) is 23.0 Å². The maximum Gasteiger partial charge on any atom is 0.224 e. The minimum atomic E-state index is -0.847. The molecule has 0 bridgehead atoms. The minimum Gasteiger partial charge on any atom is -0.393 e. The van der Waals surface area contributed by atoms with Crippen molar-refractivity contribution in [3.8, 4) is 0 Å². The van der Waals surface area contributed by atoms with E-state index in [0.717, 1.165) is 31.4 Å². The van der Waals surface area contributed by atoms with Gasteiger partial charge in [-0.1, -0.05) is 11.6 Å². The van der Waals surface area contributed by atoms with Gasteiger partial charge in [-0.15, -0.1) is 0 Å². The average Bonchev–Trinajstić information content (AvgIpc) is 3.18. The molecule has 3 aromatic rings. The van der Waals surface area contributed by atoms with E-state index >= 15 is 0 Å². The predicted octanol–water partition coefficient (Wildman–Crippen LogP) is 4.43. The molecule has 2 fully saturated rings. The van der Waals surface area contributed by atoms with Crippen LogP contribution >= 0.6 is 11.6 Å². The number of hydrogen-bond acceptors (Lipinski definition) is 7. The number of imidazole rings is 1. The summed E-state index contributed by atoms with van der Waals surface area (Å²) in [7, 11) is 0. The summed E-state index contributed by atoms with van der Waals surface area (Å²) in [6.45, 7) is 0. The molecule has 2 heterocycles. The maximum absolute atomic E-state index is 14.6. The quantitative estimate of drug-likeness (QED) is 0.379. The van der Waals surface area contributed by atoms with E-state index in [1.165, 1.54) is 0 Å². The maximum atomic E-state index is 14.6. The molecule has 5 rings (SSSR count). The van der Waals surface area contributed by atoms with Crippen molar-refractivity contribution in [3.05, 3.63) is 35.0 Å². The zero-order valence-corrected chi connectivity index (χ0v) is 20.3. The van der Waals surface area contributed by atoms with Gasteiger partial charge in [-0.25, -0.2) is 18.7 Å². The van der Waals surface area contributed by atoms with Gasteiger partial charge in [-0.2, -0.15) is 4.98 Å². The van der Waals surface area contributed by atoms with Gasteiger partial charge in [-0.3, -0.25) is 9.36 Å². The van der Waals surface area contributed by atoms with Gasteiger partial charge in [0.25, 0.3) is 0 Å². The van der Waals surface area contributed by atoms with E-state index in [9.17, 15) is 18.7 Å². The Balaban J connectivity index is 1.51. The van der Waals surface area contributed by atoms with Gasteiger partial charge in [0.15, 0.2) is 11.5 Å². The molecule has 0 radical (unpaired) electrons. The number of benzene rings is 1. The molecule has 0 aliphatic heterocycles. The Morgan fingerprint density at radius 3 is 2.61 bits per heavy atom. The van der Waals surface area contributed by atoms with Gasteiger partial charge >= 0.3 is 0 Å². The van der Waals surface area contributed by atoms with E-state index in [4.69, 9.17) is 22.3 Å². The summed E-state index contributed by atoms with van der Waals surface area (Å²) in [6, 6.07) is 1.74. The first-order chi connectivity index (χ1) is 17.3. The number of aromatic nitrogens is 4. The molecule has 1 unspecified atom stereocenters. The second-order valence-corrected chi connectivity index (χ2v) is 10.1. The number of aliphatic hydroxyl groups is 1. The number of aliphatic hydroxyl groups excluding tert-OH is 1. The Morgan fingerprint density at radius 2 is 1.92 bits per heavy atom. The van der Waals surface area contributed by atoms with Gasteiger partial charge in [0.2, 0.25) is 17.8 Å². The molecule has 2 aromatic heterocycles. The Labute approximate surface area is 211 Å². The Morgan fingerprint density at radius 1 is 1.14 bits per heavy atom. The van der Waals surface area contributed by atoms with Crippen molar-refractivity contribution in [1.29, 1.82) is 0 Å². The largest absolute Gasteiger partial charge is 0.393 e. The average molecular weight is 520 g/mol. The third-order valence-corrected chi connectivity index (χ3v) is 7.42. The number of primary amides is 1. The van der Waals surface area contributed by atoms with Crippen LogP contribution in [0.3, 0.4) is 0 Å². The Bertz CT molecular complexity index is 1260. The first-order valence-corrected chi connectivity index (χ1v) is 12.6. The van der Waals surface area contributed by atoms with Crippen LogP contribution in [0.15, 0.2) is 18.3 Å². The first-order valence-electron chi connectivity index (χ1n) is 12.2. The predicted molar refractivity (Wildman–Crippen MR) is 132 cm³/mol. The molecule has 2 atom stereocenters. The summed E-state index contributed by atoms with van der Waals surface area (Å²) in [6.07, 6.45) is 6.99. The lowest BCUT2D eigenvalue weighted by Gasteiger charge is -2.29. The highest BCUT2D eigenvalue weighted by molar-refractivity contribution is 6.33. The molecule has 1 aromatic carbocycles.